The van der Waals surface area contributed by atoms with E-state index >= 15 is 0 Å². The third-order valence-corrected chi connectivity index (χ3v) is 6.74. The van der Waals surface area contributed by atoms with Gasteiger partial charge in [-0.05, 0) is 51.0 Å². The minimum Gasteiger partial charge on any atom is -0.491 e. The molecule has 0 bridgehead atoms. The SMILES string of the molecule is CC(=O)Oc1cc(OC(C)CCCc2ccccc2)cc2c1C1CC(=O)CCC1C(C)N2. The number of ether oxygens (including phenoxy) is 2. The van der Waals surface area contributed by atoms with Crippen molar-refractivity contribution in [2.45, 2.75) is 77.4 Å². The number of fused-ring (bicyclic) bond motifs is 3. The molecule has 4 atom stereocenters. The van der Waals surface area contributed by atoms with E-state index in [1.807, 2.05) is 18.2 Å². The zero-order valence-electron chi connectivity index (χ0n) is 19.2. The summed E-state index contributed by atoms with van der Waals surface area (Å²) in [5.74, 6) is 1.57. The van der Waals surface area contributed by atoms with Gasteiger partial charge in [0.05, 0.1) is 6.10 Å². The van der Waals surface area contributed by atoms with Crippen LogP contribution in [-0.2, 0) is 16.0 Å². The van der Waals surface area contributed by atoms with Crippen molar-refractivity contribution in [2.75, 3.05) is 5.32 Å². The summed E-state index contributed by atoms with van der Waals surface area (Å²) in [6, 6.07) is 14.5. The van der Waals surface area contributed by atoms with Crippen molar-refractivity contribution in [3.05, 3.63) is 53.6 Å². The Morgan fingerprint density at radius 3 is 2.75 bits per heavy atom. The zero-order chi connectivity index (χ0) is 22.7. The number of benzene rings is 2. The summed E-state index contributed by atoms with van der Waals surface area (Å²) in [5, 5.41) is 3.58. The van der Waals surface area contributed by atoms with E-state index in [2.05, 4.69) is 43.4 Å². The molecule has 0 saturated heterocycles. The molecule has 170 valence electrons. The Balaban J connectivity index is 1.51. The molecule has 1 fully saturated rings. The summed E-state index contributed by atoms with van der Waals surface area (Å²) in [4.78, 5) is 24.1. The molecule has 1 saturated carbocycles. The zero-order valence-corrected chi connectivity index (χ0v) is 19.2. The second-order valence-electron chi connectivity index (χ2n) is 9.27. The minimum atomic E-state index is -0.363. The van der Waals surface area contributed by atoms with E-state index in [1.165, 1.54) is 12.5 Å². The molecule has 32 heavy (non-hydrogen) atoms. The molecule has 1 aliphatic carbocycles. The molecule has 4 rings (SSSR count). The second-order valence-corrected chi connectivity index (χ2v) is 9.27. The van der Waals surface area contributed by atoms with Crippen molar-refractivity contribution in [1.82, 2.24) is 0 Å². The van der Waals surface area contributed by atoms with Gasteiger partial charge in [0.2, 0.25) is 0 Å². The summed E-state index contributed by atoms with van der Waals surface area (Å²) >= 11 is 0. The largest absolute Gasteiger partial charge is 0.491 e. The van der Waals surface area contributed by atoms with Gasteiger partial charge in [-0.3, -0.25) is 9.59 Å². The summed E-state index contributed by atoms with van der Waals surface area (Å²) in [6.45, 7) is 5.65. The number of nitrogens with one attached hydrogen (secondary N) is 1. The minimum absolute atomic E-state index is 0.0342. The lowest BCUT2D eigenvalue weighted by Gasteiger charge is -2.42. The molecule has 0 spiro atoms. The number of hydrogen-bond acceptors (Lipinski definition) is 5. The molecule has 1 N–H and O–H groups in total. The lowest BCUT2D eigenvalue weighted by Crippen LogP contribution is -2.39. The Morgan fingerprint density at radius 2 is 2.00 bits per heavy atom. The first-order chi connectivity index (χ1) is 15.4. The van der Waals surface area contributed by atoms with Gasteiger partial charge in [0.1, 0.15) is 17.3 Å². The molecule has 5 heteroatoms. The molecule has 5 nitrogen and oxygen atoms in total. The van der Waals surface area contributed by atoms with Crippen LogP contribution in [0, 0.1) is 5.92 Å². The number of anilines is 1. The number of esters is 1. The highest BCUT2D eigenvalue weighted by Gasteiger charge is 2.40. The first kappa shape index (κ1) is 22.4. The highest BCUT2D eigenvalue weighted by atomic mass is 16.5. The van der Waals surface area contributed by atoms with Crippen LogP contribution < -0.4 is 14.8 Å². The lowest BCUT2D eigenvalue weighted by molar-refractivity contribution is -0.131. The van der Waals surface area contributed by atoms with Crippen LogP contribution in [0.5, 0.6) is 11.5 Å². The Labute approximate surface area is 190 Å². The number of rotatable bonds is 7. The van der Waals surface area contributed by atoms with Gasteiger partial charge in [-0.25, -0.2) is 0 Å². The van der Waals surface area contributed by atoms with E-state index in [0.717, 1.165) is 36.9 Å². The van der Waals surface area contributed by atoms with Crippen LogP contribution in [0.1, 0.15) is 69.9 Å². The molecule has 2 aliphatic rings. The van der Waals surface area contributed by atoms with E-state index in [-0.39, 0.29) is 29.8 Å². The maximum absolute atomic E-state index is 12.2. The van der Waals surface area contributed by atoms with E-state index in [9.17, 15) is 9.59 Å². The van der Waals surface area contributed by atoms with Crippen LogP contribution in [0.4, 0.5) is 5.69 Å². The van der Waals surface area contributed by atoms with Crippen LogP contribution in [0.2, 0.25) is 0 Å². The monoisotopic (exact) mass is 435 g/mol. The van der Waals surface area contributed by atoms with Gasteiger partial charge in [-0.1, -0.05) is 30.3 Å². The van der Waals surface area contributed by atoms with Crippen molar-refractivity contribution in [3.8, 4) is 11.5 Å². The number of hydrogen-bond donors (Lipinski definition) is 1. The van der Waals surface area contributed by atoms with E-state index in [1.54, 1.807) is 0 Å². The third kappa shape index (κ3) is 5.14. The molecule has 1 aliphatic heterocycles. The Hall–Kier alpha value is -2.82. The summed E-state index contributed by atoms with van der Waals surface area (Å²) in [6.07, 6.45) is 5.03. The number of ketones is 1. The van der Waals surface area contributed by atoms with Crippen LogP contribution in [0.15, 0.2) is 42.5 Å². The van der Waals surface area contributed by atoms with Gasteiger partial charge in [0.25, 0.3) is 0 Å². The van der Waals surface area contributed by atoms with Gasteiger partial charge in [-0.15, -0.1) is 0 Å². The van der Waals surface area contributed by atoms with Gasteiger partial charge in [0.15, 0.2) is 0 Å². The number of Topliss-reactive ketones (excluding diaryl/α,β-unsaturated/α-hetero) is 1. The fourth-order valence-corrected chi connectivity index (χ4v) is 5.23. The van der Waals surface area contributed by atoms with Gasteiger partial charge in [0, 0.05) is 55.1 Å². The van der Waals surface area contributed by atoms with Gasteiger partial charge >= 0.3 is 5.97 Å². The van der Waals surface area contributed by atoms with Crippen LogP contribution >= 0.6 is 0 Å². The molecule has 2 aromatic carbocycles. The summed E-state index contributed by atoms with van der Waals surface area (Å²) in [7, 11) is 0. The second kappa shape index (κ2) is 9.76. The van der Waals surface area contributed by atoms with Gasteiger partial charge in [-0.2, -0.15) is 0 Å². The van der Waals surface area contributed by atoms with Gasteiger partial charge < -0.3 is 14.8 Å². The van der Waals surface area contributed by atoms with E-state index in [0.29, 0.717) is 30.3 Å². The highest BCUT2D eigenvalue weighted by molar-refractivity contribution is 5.82. The number of carbonyl (C=O) groups is 2. The quantitative estimate of drug-likeness (QED) is 0.448. The topological polar surface area (TPSA) is 64.6 Å². The lowest BCUT2D eigenvalue weighted by atomic mass is 9.69. The molecule has 2 aromatic rings. The molecular weight excluding hydrogens is 402 g/mol. The van der Waals surface area contributed by atoms with Crippen LogP contribution in [-0.4, -0.2) is 23.9 Å². The first-order valence-electron chi connectivity index (χ1n) is 11.8. The molecule has 4 unspecified atom stereocenters. The maximum Gasteiger partial charge on any atom is 0.308 e. The average molecular weight is 436 g/mol. The average Bonchev–Trinajstić information content (AvgIpc) is 2.73. The standard InChI is InChI=1S/C27H33NO4/c1-17(8-7-11-20-9-5-4-6-10-20)31-22-15-25-27(26(16-22)32-19(3)29)24-14-21(30)12-13-23(24)18(2)28-25/h4-6,9-10,15-18,23-24,28H,7-8,11-14H2,1-3H3. The molecule has 0 amide bonds. The third-order valence-electron chi connectivity index (χ3n) is 6.74. The van der Waals surface area contributed by atoms with Crippen LogP contribution in [0.3, 0.4) is 0 Å². The molecular formula is C27H33NO4. The molecule has 1 heterocycles. The normalized spacial score (nSPS) is 22.8. The predicted octanol–water partition coefficient (Wildman–Crippen LogP) is 5.67. The smallest absolute Gasteiger partial charge is 0.308 e. The van der Waals surface area contributed by atoms with Crippen molar-refractivity contribution in [1.29, 1.82) is 0 Å². The fourth-order valence-electron chi connectivity index (χ4n) is 5.23. The molecule has 0 radical (unpaired) electrons. The summed E-state index contributed by atoms with van der Waals surface area (Å²) < 4.78 is 11.9. The van der Waals surface area contributed by atoms with Crippen LogP contribution in [0.25, 0.3) is 0 Å². The Kier molecular flexibility index (Phi) is 6.83. The number of carbonyl (C=O) groups excluding carboxylic acids is 2. The van der Waals surface area contributed by atoms with E-state index < -0.39 is 0 Å². The Morgan fingerprint density at radius 1 is 1.22 bits per heavy atom. The summed E-state index contributed by atoms with van der Waals surface area (Å²) in [5.41, 5.74) is 3.19. The Bertz CT molecular complexity index is 971. The van der Waals surface area contributed by atoms with Crippen molar-refractivity contribution < 1.29 is 19.1 Å². The first-order valence-corrected chi connectivity index (χ1v) is 11.8. The molecule has 0 aromatic heterocycles. The van der Waals surface area contributed by atoms with E-state index in [4.69, 9.17) is 9.47 Å². The predicted molar refractivity (Wildman–Crippen MR) is 125 cm³/mol. The van der Waals surface area contributed by atoms with Crippen molar-refractivity contribution >= 4 is 17.4 Å². The van der Waals surface area contributed by atoms with Crippen molar-refractivity contribution in [3.63, 3.8) is 0 Å². The van der Waals surface area contributed by atoms with Crippen molar-refractivity contribution in [2.24, 2.45) is 5.92 Å². The highest BCUT2D eigenvalue weighted by Crippen LogP contribution is 2.50. The fraction of sp³-hybridized carbons (Fsp3) is 0.481. The number of aryl methyl sites for hydroxylation is 1. The maximum atomic E-state index is 12.2.